The molecule has 0 unspecified atom stereocenters. The molecule has 1 aromatic carbocycles. The van der Waals surface area contributed by atoms with Crippen LogP contribution in [0.2, 0.25) is 0 Å². The smallest absolute Gasteiger partial charge is 0.218 e. The maximum absolute atomic E-state index is 12.3. The van der Waals surface area contributed by atoms with Crippen molar-refractivity contribution < 1.29 is 13.5 Å². The Morgan fingerprint density at radius 3 is 2.84 bits per heavy atom. The first kappa shape index (κ1) is 14.0. The van der Waals surface area contributed by atoms with Gasteiger partial charge in [-0.3, -0.25) is 0 Å². The van der Waals surface area contributed by atoms with Crippen LogP contribution in [-0.4, -0.2) is 37.0 Å². The van der Waals surface area contributed by atoms with Gasteiger partial charge in [0, 0.05) is 12.6 Å². The van der Waals surface area contributed by atoms with Crippen molar-refractivity contribution in [3.05, 3.63) is 35.4 Å². The Hall–Kier alpha value is -1.42. The maximum atomic E-state index is 12.3. The van der Waals surface area contributed by atoms with Gasteiger partial charge in [0.05, 0.1) is 24.0 Å². The third kappa shape index (κ3) is 2.95. The Labute approximate surface area is 113 Å². The molecule has 19 heavy (non-hydrogen) atoms. The summed E-state index contributed by atoms with van der Waals surface area (Å²) >= 11 is 0. The van der Waals surface area contributed by atoms with Crippen molar-refractivity contribution in [2.45, 2.75) is 24.6 Å². The zero-order chi connectivity index (χ0) is 13.9. The lowest BCUT2D eigenvalue weighted by Gasteiger charge is -2.22. The average Bonchev–Trinajstić information content (AvgIpc) is 2.88. The fourth-order valence-corrected chi connectivity index (χ4v) is 4.24. The molecule has 1 aliphatic rings. The van der Waals surface area contributed by atoms with Crippen molar-refractivity contribution in [3.63, 3.8) is 0 Å². The number of rotatable bonds is 4. The van der Waals surface area contributed by atoms with Crippen LogP contribution in [0.4, 0.5) is 0 Å². The Bertz CT molecular complexity index is 592. The Kier molecular flexibility index (Phi) is 4.20. The summed E-state index contributed by atoms with van der Waals surface area (Å²) in [6, 6.07) is 8.37. The van der Waals surface area contributed by atoms with Crippen LogP contribution < -0.4 is 0 Å². The third-order valence-corrected chi connectivity index (χ3v) is 5.24. The lowest BCUT2D eigenvalue weighted by Crippen LogP contribution is -2.38. The molecular formula is C13H16N2O3S. The van der Waals surface area contributed by atoms with Crippen molar-refractivity contribution in [1.82, 2.24) is 4.31 Å². The van der Waals surface area contributed by atoms with Crippen LogP contribution in [0, 0.1) is 11.3 Å². The number of hydrogen-bond donors (Lipinski definition) is 1. The van der Waals surface area contributed by atoms with Gasteiger partial charge in [-0.05, 0) is 24.5 Å². The Morgan fingerprint density at radius 2 is 2.16 bits per heavy atom. The quantitative estimate of drug-likeness (QED) is 0.886. The molecule has 1 heterocycles. The molecule has 0 amide bonds. The molecule has 0 radical (unpaired) electrons. The van der Waals surface area contributed by atoms with Gasteiger partial charge in [0.2, 0.25) is 10.0 Å². The molecule has 102 valence electrons. The van der Waals surface area contributed by atoms with Gasteiger partial charge in [-0.15, -0.1) is 0 Å². The summed E-state index contributed by atoms with van der Waals surface area (Å²) < 4.78 is 26.1. The molecule has 1 aliphatic heterocycles. The number of aliphatic hydroxyl groups excluding tert-OH is 1. The standard InChI is InChI=1S/C13H16N2O3S/c14-8-11-4-1-2-5-12(11)10-19(17,18)15-7-3-6-13(15)9-16/h1-2,4-5,13,16H,3,6-7,9-10H2/t13-/m0/s1. The van der Waals surface area contributed by atoms with Crippen molar-refractivity contribution in [3.8, 4) is 6.07 Å². The Balaban J connectivity index is 2.24. The normalized spacial score (nSPS) is 20.3. The van der Waals surface area contributed by atoms with E-state index in [0.717, 1.165) is 6.42 Å². The van der Waals surface area contributed by atoms with Crippen LogP contribution in [0.5, 0.6) is 0 Å². The largest absolute Gasteiger partial charge is 0.395 e. The molecule has 1 atom stereocenters. The summed E-state index contributed by atoms with van der Waals surface area (Å²) in [5.41, 5.74) is 0.888. The number of sulfonamides is 1. The van der Waals surface area contributed by atoms with E-state index in [-0.39, 0.29) is 18.4 Å². The van der Waals surface area contributed by atoms with Gasteiger partial charge in [-0.25, -0.2) is 8.42 Å². The van der Waals surface area contributed by atoms with Crippen LogP contribution in [0.3, 0.4) is 0 Å². The van der Waals surface area contributed by atoms with Crippen molar-refractivity contribution in [1.29, 1.82) is 5.26 Å². The molecule has 0 aliphatic carbocycles. The number of hydrogen-bond acceptors (Lipinski definition) is 4. The van der Waals surface area contributed by atoms with E-state index >= 15 is 0 Å². The molecule has 0 bridgehead atoms. The summed E-state index contributed by atoms with van der Waals surface area (Å²) in [7, 11) is -3.48. The molecule has 1 saturated heterocycles. The van der Waals surface area contributed by atoms with E-state index in [1.165, 1.54) is 4.31 Å². The number of benzene rings is 1. The summed E-state index contributed by atoms with van der Waals surface area (Å²) in [6.45, 7) is 0.293. The van der Waals surface area contributed by atoms with Gasteiger partial charge in [0.1, 0.15) is 0 Å². The second-order valence-corrected chi connectivity index (χ2v) is 6.54. The second kappa shape index (κ2) is 5.70. The first-order chi connectivity index (χ1) is 9.08. The highest BCUT2D eigenvalue weighted by atomic mass is 32.2. The molecule has 0 aromatic heterocycles. The van der Waals surface area contributed by atoms with Crippen molar-refractivity contribution >= 4 is 10.0 Å². The molecule has 0 spiro atoms. The van der Waals surface area contributed by atoms with Gasteiger partial charge < -0.3 is 5.11 Å². The predicted molar refractivity (Wildman–Crippen MR) is 70.6 cm³/mol. The van der Waals surface area contributed by atoms with Gasteiger partial charge in [-0.1, -0.05) is 18.2 Å². The molecule has 1 aromatic rings. The average molecular weight is 280 g/mol. The fraction of sp³-hybridized carbons (Fsp3) is 0.462. The summed E-state index contributed by atoms with van der Waals surface area (Å²) in [5, 5.41) is 18.2. The molecule has 0 saturated carbocycles. The van der Waals surface area contributed by atoms with Crippen LogP contribution in [0.25, 0.3) is 0 Å². The minimum atomic E-state index is -3.48. The van der Waals surface area contributed by atoms with Crippen LogP contribution in [0.1, 0.15) is 24.0 Å². The van der Waals surface area contributed by atoms with E-state index in [0.29, 0.717) is 24.1 Å². The highest BCUT2D eigenvalue weighted by Gasteiger charge is 2.33. The van der Waals surface area contributed by atoms with E-state index in [9.17, 15) is 13.5 Å². The Morgan fingerprint density at radius 1 is 1.42 bits per heavy atom. The van der Waals surface area contributed by atoms with Crippen molar-refractivity contribution in [2.75, 3.05) is 13.2 Å². The van der Waals surface area contributed by atoms with E-state index in [4.69, 9.17) is 5.26 Å². The molecule has 6 heteroatoms. The van der Waals surface area contributed by atoms with E-state index in [1.54, 1.807) is 24.3 Å². The number of nitrogens with zero attached hydrogens (tertiary/aromatic N) is 2. The minimum absolute atomic E-state index is 0.154. The molecule has 2 rings (SSSR count). The summed E-state index contributed by atoms with van der Waals surface area (Å²) in [6.07, 6.45) is 1.46. The van der Waals surface area contributed by atoms with E-state index in [1.807, 2.05) is 6.07 Å². The van der Waals surface area contributed by atoms with Gasteiger partial charge in [0.25, 0.3) is 0 Å². The lowest BCUT2D eigenvalue weighted by atomic mass is 10.1. The maximum Gasteiger partial charge on any atom is 0.218 e. The predicted octanol–water partition coefficient (Wildman–Crippen LogP) is 0.845. The molecule has 1 N–H and O–H groups in total. The highest BCUT2D eigenvalue weighted by molar-refractivity contribution is 7.88. The molecular weight excluding hydrogens is 264 g/mol. The van der Waals surface area contributed by atoms with Crippen LogP contribution >= 0.6 is 0 Å². The van der Waals surface area contributed by atoms with Gasteiger partial charge in [0.15, 0.2) is 0 Å². The zero-order valence-electron chi connectivity index (χ0n) is 10.5. The lowest BCUT2D eigenvalue weighted by molar-refractivity contribution is 0.213. The number of aliphatic hydroxyl groups is 1. The molecule has 1 fully saturated rings. The van der Waals surface area contributed by atoms with Gasteiger partial charge in [-0.2, -0.15) is 9.57 Å². The van der Waals surface area contributed by atoms with Crippen LogP contribution in [-0.2, 0) is 15.8 Å². The van der Waals surface area contributed by atoms with E-state index in [2.05, 4.69) is 0 Å². The first-order valence-corrected chi connectivity index (χ1v) is 7.78. The van der Waals surface area contributed by atoms with E-state index < -0.39 is 10.0 Å². The van der Waals surface area contributed by atoms with Crippen LogP contribution in [0.15, 0.2) is 24.3 Å². The SMILES string of the molecule is N#Cc1ccccc1CS(=O)(=O)N1CCC[C@H]1CO. The third-order valence-electron chi connectivity index (χ3n) is 3.37. The topological polar surface area (TPSA) is 81.4 Å². The summed E-state index contributed by atoms with van der Waals surface area (Å²) in [5.74, 6) is -0.187. The summed E-state index contributed by atoms with van der Waals surface area (Å²) in [4.78, 5) is 0. The zero-order valence-corrected chi connectivity index (χ0v) is 11.3. The van der Waals surface area contributed by atoms with Crippen molar-refractivity contribution in [2.24, 2.45) is 0 Å². The fourth-order valence-electron chi connectivity index (χ4n) is 2.39. The first-order valence-electron chi connectivity index (χ1n) is 6.17. The number of nitriles is 1. The monoisotopic (exact) mass is 280 g/mol. The second-order valence-electron chi connectivity index (χ2n) is 4.61. The molecule has 5 nitrogen and oxygen atoms in total. The van der Waals surface area contributed by atoms with Gasteiger partial charge >= 0.3 is 0 Å². The highest BCUT2D eigenvalue weighted by Crippen LogP contribution is 2.24. The minimum Gasteiger partial charge on any atom is -0.395 e.